The monoisotopic (exact) mass is 547 g/mol. The molecule has 3 saturated carbocycles. The van der Waals surface area contributed by atoms with Gasteiger partial charge in [0.25, 0.3) is 0 Å². The average molecular weight is 548 g/mol. The Morgan fingerprint density at radius 3 is 2.65 bits per heavy atom. The lowest BCUT2D eigenvalue weighted by atomic mass is 9.58. The summed E-state index contributed by atoms with van der Waals surface area (Å²) in [4.78, 5) is 25.7. The second-order valence-corrected chi connectivity index (χ2v) is 13.6. The summed E-state index contributed by atoms with van der Waals surface area (Å²) in [6.07, 6.45) is 12.7. The van der Waals surface area contributed by atoms with Crippen molar-refractivity contribution in [2.45, 2.75) is 108 Å². The number of ether oxygens (including phenoxy) is 1. The van der Waals surface area contributed by atoms with E-state index in [0.717, 1.165) is 43.4 Å². The number of nitrogens with one attached hydrogen (secondary N) is 1. The van der Waals surface area contributed by atoms with Crippen LogP contribution in [0.5, 0.6) is 11.5 Å². The Morgan fingerprint density at radius 2 is 1.88 bits per heavy atom. The molecule has 1 aromatic rings. The standard InChI is InChI=1S/C34H45NO5/c1-40-30-18-24-7-9-31(38)34(13-4-5-23(24)17-29(30)37)14-10-22(15-32(34)39)20-33(11-2-3-12-33)26-16-25-6-8-27(36)19-28(25)35-21-26/h17-18,22,25-26,28,32,35,37,39H,2-3,5-12,14-16,19-21H2,1H3/t22-,25+,26-,28-,32-,34-/m1/s1. The van der Waals surface area contributed by atoms with E-state index >= 15 is 0 Å². The van der Waals surface area contributed by atoms with Gasteiger partial charge in [0.15, 0.2) is 17.3 Å². The van der Waals surface area contributed by atoms with Gasteiger partial charge in [0.2, 0.25) is 0 Å². The minimum Gasteiger partial charge on any atom is -0.504 e. The van der Waals surface area contributed by atoms with E-state index in [-0.39, 0.29) is 11.5 Å². The predicted octanol–water partition coefficient (Wildman–Crippen LogP) is 4.91. The van der Waals surface area contributed by atoms with Crippen molar-refractivity contribution in [1.82, 2.24) is 5.32 Å². The van der Waals surface area contributed by atoms with Gasteiger partial charge in [0, 0.05) is 31.7 Å². The summed E-state index contributed by atoms with van der Waals surface area (Å²) in [7, 11) is 1.53. The quantitative estimate of drug-likeness (QED) is 0.464. The van der Waals surface area contributed by atoms with Crippen LogP contribution in [0, 0.1) is 40.4 Å². The fourth-order valence-electron chi connectivity index (χ4n) is 9.17. The molecule has 1 heterocycles. The van der Waals surface area contributed by atoms with Gasteiger partial charge in [-0.25, -0.2) is 0 Å². The highest BCUT2D eigenvalue weighted by Gasteiger charge is 2.51. The zero-order chi connectivity index (χ0) is 27.9. The molecule has 1 aromatic carbocycles. The van der Waals surface area contributed by atoms with Crippen LogP contribution in [-0.4, -0.2) is 47.6 Å². The maximum atomic E-state index is 13.7. The van der Waals surface area contributed by atoms with E-state index < -0.39 is 11.5 Å². The first-order chi connectivity index (χ1) is 19.3. The molecule has 6 heteroatoms. The lowest BCUT2D eigenvalue weighted by Crippen LogP contribution is -2.53. The number of carbonyl (C=O) groups excluding carboxylic acids is 2. The number of benzene rings is 1. The molecule has 0 amide bonds. The number of aromatic hydroxyl groups is 1. The van der Waals surface area contributed by atoms with Crippen LogP contribution in [0.25, 0.3) is 0 Å². The average Bonchev–Trinajstić information content (AvgIpc) is 3.44. The van der Waals surface area contributed by atoms with Crippen molar-refractivity contribution in [2.24, 2.45) is 28.6 Å². The molecule has 0 aromatic heterocycles. The van der Waals surface area contributed by atoms with Gasteiger partial charge < -0.3 is 20.3 Å². The Labute approximate surface area is 238 Å². The molecule has 6 nitrogen and oxygen atoms in total. The highest BCUT2D eigenvalue weighted by atomic mass is 16.5. The molecule has 5 aliphatic rings. The van der Waals surface area contributed by atoms with Gasteiger partial charge in [-0.05, 0) is 111 Å². The van der Waals surface area contributed by atoms with Crippen molar-refractivity contribution in [3.63, 3.8) is 0 Å². The number of hydrogen-bond donors (Lipinski definition) is 3. The highest BCUT2D eigenvalue weighted by molar-refractivity contribution is 5.89. The van der Waals surface area contributed by atoms with Crippen LogP contribution in [0.4, 0.5) is 0 Å². The number of methoxy groups -OCH3 is 1. The summed E-state index contributed by atoms with van der Waals surface area (Å²) in [5, 5.41) is 25.6. The second kappa shape index (κ2) is 11.1. The molecule has 216 valence electrons. The van der Waals surface area contributed by atoms with Crippen LogP contribution in [-0.2, 0) is 22.4 Å². The number of phenolic OH excluding ortho intramolecular Hbond substituents is 1. The number of hydrogen-bond acceptors (Lipinski definition) is 6. The molecule has 0 bridgehead atoms. The van der Waals surface area contributed by atoms with Crippen molar-refractivity contribution in [3.05, 3.63) is 23.3 Å². The minimum atomic E-state index is -0.984. The van der Waals surface area contributed by atoms with Gasteiger partial charge in [-0.15, -0.1) is 0 Å². The molecule has 4 fully saturated rings. The van der Waals surface area contributed by atoms with Crippen molar-refractivity contribution >= 4 is 11.6 Å². The summed E-state index contributed by atoms with van der Waals surface area (Å²) in [6, 6.07) is 3.89. The largest absolute Gasteiger partial charge is 0.504 e. The fourth-order valence-corrected chi connectivity index (χ4v) is 9.17. The number of Topliss-reactive ketones (excluding diaryl/α,β-unsaturated/α-hetero) is 2. The number of piperidine rings is 1. The zero-order valence-electron chi connectivity index (χ0n) is 24.0. The van der Waals surface area contributed by atoms with E-state index in [0.29, 0.717) is 79.3 Å². The smallest absolute Gasteiger partial charge is 0.160 e. The van der Waals surface area contributed by atoms with Crippen molar-refractivity contribution in [3.8, 4) is 23.3 Å². The number of rotatable bonds is 4. The normalized spacial score (nSPS) is 35.5. The van der Waals surface area contributed by atoms with Crippen molar-refractivity contribution in [1.29, 1.82) is 0 Å². The molecule has 4 aliphatic carbocycles. The SMILES string of the molecule is COc1cc2c(cc1O)CC#C[C@@]1(CC[C@@H](CC3([C@H]4CN[C@@H]5CC(=O)CC[C@H]5C4)CCCC3)C[C@H]1O)C(=O)CC2. The molecular weight excluding hydrogens is 502 g/mol. The van der Waals surface area contributed by atoms with Gasteiger partial charge >= 0.3 is 0 Å². The Kier molecular flexibility index (Phi) is 7.74. The highest BCUT2D eigenvalue weighted by Crippen LogP contribution is 2.55. The molecule has 1 saturated heterocycles. The maximum Gasteiger partial charge on any atom is 0.160 e. The molecule has 1 spiro atoms. The number of aryl methyl sites for hydroxylation is 1. The third-order valence-electron chi connectivity index (χ3n) is 11.5. The third kappa shape index (κ3) is 5.09. The molecule has 0 radical (unpaired) electrons. The minimum absolute atomic E-state index is 0.0517. The van der Waals surface area contributed by atoms with Gasteiger partial charge in [-0.3, -0.25) is 9.59 Å². The number of fused-ring (bicyclic) bond motifs is 2. The number of carbonyl (C=O) groups is 2. The van der Waals surface area contributed by atoms with Gasteiger partial charge in [-0.2, -0.15) is 0 Å². The second-order valence-electron chi connectivity index (χ2n) is 13.6. The van der Waals surface area contributed by atoms with E-state index in [1.54, 1.807) is 6.07 Å². The molecule has 6 atom stereocenters. The molecule has 40 heavy (non-hydrogen) atoms. The fraction of sp³-hybridized carbons (Fsp3) is 0.706. The number of phenols is 1. The van der Waals surface area contributed by atoms with Crippen molar-refractivity contribution in [2.75, 3.05) is 13.7 Å². The first-order valence-corrected chi connectivity index (χ1v) is 15.7. The maximum absolute atomic E-state index is 13.7. The summed E-state index contributed by atoms with van der Waals surface area (Å²) in [5.74, 6) is 9.14. The number of aliphatic hydroxyl groups is 1. The van der Waals surface area contributed by atoms with Crippen LogP contribution in [0.15, 0.2) is 12.1 Å². The molecular formula is C34H45NO5. The predicted molar refractivity (Wildman–Crippen MR) is 153 cm³/mol. The first kappa shape index (κ1) is 27.8. The number of ketones is 2. The van der Waals surface area contributed by atoms with Gasteiger partial charge in [0.1, 0.15) is 11.2 Å². The van der Waals surface area contributed by atoms with Gasteiger partial charge in [-0.1, -0.05) is 24.7 Å². The lowest BCUT2D eigenvalue weighted by molar-refractivity contribution is -0.135. The molecule has 6 rings (SSSR count). The zero-order valence-corrected chi connectivity index (χ0v) is 24.0. The Morgan fingerprint density at radius 1 is 1.05 bits per heavy atom. The summed E-state index contributed by atoms with van der Waals surface area (Å²) in [6.45, 7) is 1.01. The molecule has 3 N–H and O–H groups in total. The van der Waals surface area contributed by atoms with Crippen LogP contribution < -0.4 is 10.1 Å². The van der Waals surface area contributed by atoms with E-state index in [4.69, 9.17) is 4.74 Å². The summed E-state index contributed by atoms with van der Waals surface area (Å²) in [5.41, 5.74) is 1.23. The topological polar surface area (TPSA) is 95.9 Å². The van der Waals surface area contributed by atoms with Crippen LogP contribution in [0.3, 0.4) is 0 Å². The van der Waals surface area contributed by atoms with E-state index in [9.17, 15) is 19.8 Å². The van der Waals surface area contributed by atoms with Crippen LogP contribution in [0.1, 0.15) is 94.6 Å². The Hall–Kier alpha value is -2.36. The summed E-state index contributed by atoms with van der Waals surface area (Å²) >= 11 is 0. The summed E-state index contributed by atoms with van der Waals surface area (Å²) < 4.78 is 5.29. The van der Waals surface area contributed by atoms with E-state index in [1.807, 2.05) is 6.07 Å². The lowest BCUT2D eigenvalue weighted by Gasteiger charge is -2.49. The third-order valence-corrected chi connectivity index (χ3v) is 11.5. The Bertz CT molecular complexity index is 1210. The van der Waals surface area contributed by atoms with Crippen LogP contribution in [0.2, 0.25) is 0 Å². The Balaban J connectivity index is 1.15. The van der Waals surface area contributed by atoms with Crippen LogP contribution >= 0.6 is 0 Å². The molecule has 0 unspecified atom stereocenters. The number of aliphatic hydroxyl groups excluding tert-OH is 1. The van der Waals surface area contributed by atoms with Crippen molar-refractivity contribution < 1.29 is 24.5 Å². The van der Waals surface area contributed by atoms with E-state index in [1.165, 1.54) is 39.2 Å². The van der Waals surface area contributed by atoms with E-state index in [2.05, 4.69) is 17.2 Å². The molecule has 1 aliphatic heterocycles. The first-order valence-electron chi connectivity index (χ1n) is 15.7. The van der Waals surface area contributed by atoms with Gasteiger partial charge in [0.05, 0.1) is 13.2 Å².